The van der Waals surface area contributed by atoms with Gasteiger partial charge in [0, 0.05) is 5.56 Å². The van der Waals surface area contributed by atoms with Crippen LogP contribution in [0, 0.1) is 20.8 Å². The van der Waals surface area contributed by atoms with Crippen molar-refractivity contribution in [1.82, 2.24) is 5.16 Å². The highest BCUT2D eigenvalue weighted by molar-refractivity contribution is 5.17. The van der Waals surface area contributed by atoms with Crippen LogP contribution in [0.2, 0.25) is 0 Å². The smallest absolute Gasteiger partial charge is 0.136 e. The molecule has 0 N–H and O–H groups in total. The van der Waals surface area contributed by atoms with Crippen molar-refractivity contribution < 1.29 is 4.52 Å². The van der Waals surface area contributed by atoms with Crippen LogP contribution in [-0.2, 0) is 0 Å². The molecule has 64 valence electrons. The highest BCUT2D eigenvalue weighted by Gasteiger charge is 1.99. The van der Waals surface area contributed by atoms with E-state index in [-0.39, 0.29) is 0 Å². The van der Waals surface area contributed by atoms with Crippen LogP contribution in [0.1, 0.15) is 37.3 Å². The van der Waals surface area contributed by atoms with Gasteiger partial charge in [0.1, 0.15) is 5.76 Å². The second-order valence-electron chi connectivity index (χ2n) is 2.66. The predicted octanol–water partition coefficient (Wildman–Crippen LogP) is 3.02. The molecule has 0 spiro atoms. The molecule has 0 aromatic carbocycles. The minimum atomic E-state index is 0.919. The fourth-order valence-corrected chi connectivity index (χ4v) is 0.529. The summed E-state index contributed by atoms with van der Waals surface area (Å²) in [5, 5.41) is 3.74. The molecule has 0 saturated heterocycles. The Hall–Kier alpha value is -0.790. The zero-order valence-corrected chi connectivity index (χ0v) is 8.06. The Morgan fingerprint density at radius 3 is 1.73 bits per heavy atom. The van der Waals surface area contributed by atoms with Crippen molar-refractivity contribution in [2.75, 3.05) is 0 Å². The quantitative estimate of drug-likeness (QED) is 0.575. The lowest BCUT2D eigenvalue weighted by Crippen LogP contribution is -1.73. The summed E-state index contributed by atoms with van der Waals surface area (Å²) in [6.07, 6.45) is 1.25. The Balaban J connectivity index is 0.000000292. The van der Waals surface area contributed by atoms with Crippen LogP contribution in [0.15, 0.2) is 4.52 Å². The molecule has 1 aromatic heterocycles. The second-order valence-corrected chi connectivity index (χ2v) is 2.66. The van der Waals surface area contributed by atoms with Crippen LogP contribution in [0.4, 0.5) is 0 Å². The maximum absolute atomic E-state index is 4.84. The topological polar surface area (TPSA) is 26.0 Å². The maximum atomic E-state index is 4.84. The van der Waals surface area contributed by atoms with E-state index in [1.807, 2.05) is 20.8 Å². The van der Waals surface area contributed by atoms with Crippen molar-refractivity contribution in [2.24, 2.45) is 0 Å². The summed E-state index contributed by atoms with van der Waals surface area (Å²) in [7, 11) is 0. The molecular weight excluding hydrogens is 138 g/mol. The molecule has 0 bridgehead atoms. The first-order valence-corrected chi connectivity index (χ1v) is 4.02. The van der Waals surface area contributed by atoms with Gasteiger partial charge in [-0.05, 0) is 20.8 Å². The van der Waals surface area contributed by atoms with Crippen molar-refractivity contribution in [3.05, 3.63) is 17.0 Å². The largest absolute Gasteiger partial charge is 0.361 e. The summed E-state index contributed by atoms with van der Waals surface area (Å²) in [4.78, 5) is 0. The van der Waals surface area contributed by atoms with Gasteiger partial charge in [-0.25, -0.2) is 0 Å². The number of hydrogen-bond donors (Lipinski definition) is 0. The van der Waals surface area contributed by atoms with Gasteiger partial charge in [0.15, 0.2) is 0 Å². The molecule has 0 aliphatic heterocycles. The van der Waals surface area contributed by atoms with E-state index in [1.54, 1.807) is 0 Å². The normalized spacial score (nSPS) is 8.82. The molecule has 0 aliphatic rings. The van der Waals surface area contributed by atoms with Gasteiger partial charge in [0.2, 0.25) is 0 Å². The summed E-state index contributed by atoms with van der Waals surface area (Å²) < 4.78 is 4.84. The lowest BCUT2D eigenvalue weighted by Gasteiger charge is -1.80. The van der Waals surface area contributed by atoms with E-state index in [9.17, 15) is 0 Å². The minimum Gasteiger partial charge on any atom is -0.361 e. The van der Waals surface area contributed by atoms with Crippen molar-refractivity contribution in [2.45, 2.75) is 41.0 Å². The van der Waals surface area contributed by atoms with Gasteiger partial charge in [0.25, 0.3) is 0 Å². The van der Waals surface area contributed by atoms with Crippen LogP contribution >= 0.6 is 0 Å². The van der Waals surface area contributed by atoms with Crippen LogP contribution in [-0.4, -0.2) is 5.16 Å². The average molecular weight is 155 g/mol. The van der Waals surface area contributed by atoms with Gasteiger partial charge in [-0.1, -0.05) is 25.4 Å². The number of rotatable bonds is 0. The van der Waals surface area contributed by atoms with E-state index in [0.717, 1.165) is 17.0 Å². The SMILES string of the molecule is CCC.Cc1noc(C)c1C. The summed E-state index contributed by atoms with van der Waals surface area (Å²) in [5.74, 6) is 0.919. The number of hydrogen-bond acceptors (Lipinski definition) is 2. The summed E-state index contributed by atoms with van der Waals surface area (Å²) in [5.41, 5.74) is 2.15. The van der Waals surface area contributed by atoms with Crippen molar-refractivity contribution in [3.63, 3.8) is 0 Å². The molecular formula is C9H17NO. The Morgan fingerprint density at radius 2 is 1.64 bits per heavy atom. The third kappa shape index (κ3) is 3.21. The highest BCUT2D eigenvalue weighted by atomic mass is 16.5. The number of aryl methyl sites for hydroxylation is 2. The standard InChI is InChI=1S/C6H9NO.C3H8/c1-4-5(2)7-8-6(4)3;1-3-2/h1-3H3;3H2,1-2H3. The zero-order valence-electron chi connectivity index (χ0n) is 8.06. The van der Waals surface area contributed by atoms with Gasteiger partial charge in [-0.2, -0.15) is 0 Å². The molecule has 0 amide bonds. The van der Waals surface area contributed by atoms with Crippen LogP contribution < -0.4 is 0 Å². The summed E-state index contributed by atoms with van der Waals surface area (Å²) in [6, 6.07) is 0. The number of nitrogens with zero attached hydrogens (tertiary/aromatic N) is 1. The van der Waals surface area contributed by atoms with Crippen LogP contribution in [0.25, 0.3) is 0 Å². The molecule has 1 rings (SSSR count). The van der Waals surface area contributed by atoms with Crippen molar-refractivity contribution in [1.29, 1.82) is 0 Å². The first-order valence-electron chi connectivity index (χ1n) is 4.02. The Kier molecular flexibility index (Phi) is 4.59. The van der Waals surface area contributed by atoms with E-state index in [2.05, 4.69) is 19.0 Å². The van der Waals surface area contributed by atoms with E-state index < -0.39 is 0 Å². The molecule has 1 heterocycles. The van der Waals surface area contributed by atoms with Gasteiger partial charge >= 0.3 is 0 Å². The molecule has 0 unspecified atom stereocenters. The van der Waals surface area contributed by atoms with Crippen molar-refractivity contribution >= 4 is 0 Å². The molecule has 11 heavy (non-hydrogen) atoms. The van der Waals surface area contributed by atoms with Crippen molar-refractivity contribution in [3.8, 4) is 0 Å². The monoisotopic (exact) mass is 155 g/mol. The van der Waals surface area contributed by atoms with Gasteiger partial charge < -0.3 is 4.52 Å². The fraction of sp³-hybridized carbons (Fsp3) is 0.667. The minimum absolute atomic E-state index is 0.919. The molecule has 0 aliphatic carbocycles. The van der Waals surface area contributed by atoms with Crippen LogP contribution in [0.5, 0.6) is 0 Å². The molecule has 0 atom stereocenters. The Morgan fingerprint density at radius 1 is 1.18 bits per heavy atom. The lowest BCUT2D eigenvalue weighted by molar-refractivity contribution is 0.392. The number of aromatic nitrogens is 1. The molecule has 1 aromatic rings. The van der Waals surface area contributed by atoms with E-state index in [1.165, 1.54) is 6.42 Å². The molecule has 0 fully saturated rings. The van der Waals surface area contributed by atoms with Gasteiger partial charge in [-0.15, -0.1) is 0 Å². The zero-order chi connectivity index (χ0) is 8.85. The van der Waals surface area contributed by atoms with E-state index >= 15 is 0 Å². The highest BCUT2D eigenvalue weighted by Crippen LogP contribution is 2.08. The van der Waals surface area contributed by atoms with E-state index in [4.69, 9.17) is 4.52 Å². The Labute approximate surface area is 68.6 Å². The first kappa shape index (κ1) is 10.2. The predicted molar refractivity (Wildman–Crippen MR) is 46.7 cm³/mol. The fourth-order valence-electron chi connectivity index (χ4n) is 0.529. The molecule has 0 radical (unpaired) electrons. The average Bonchev–Trinajstić information content (AvgIpc) is 2.22. The third-order valence-electron chi connectivity index (χ3n) is 1.39. The molecule has 2 heteroatoms. The van der Waals surface area contributed by atoms with Gasteiger partial charge in [0.05, 0.1) is 5.69 Å². The Bertz CT molecular complexity index is 184. The molecule has 0 saturated carbocycles. The van der Waals surface area contributed by atoms with E-state index in [0.29, 0.717) is 0 Å². The summed E-state index contributed by atoms with van der Waals surface area (Å²) in [6.45, 7) is 10.1. The maximum Gasteiger partial charge on any atom is 0.136 e. The van der Waals surface area contributed by atoms with Gasteiger partial charge in [-0.3, -0.25) is 0 Å². The van der Waals surface area contributed by atoms with Crippen LogP contribution in [0.3, 0.4) is 0 Å². The lowest BCUT2D eigenvalue weighted by atomic mass is 10.2. The molecule has 2 nitrogen and oxygen atoms in total. The third-order valence-corrected chi connectivity index (χ3v) is 1.39. The first-order chi connectivity index (χ1) is 5.13. The summed E-state index contributed by atoms with van der Waals surface area (Å²) >= 11 is 0. The second kappa shape index (κ2) is 4.94.